The van der Waals surface area contributed by atoms with Gasteiger partial charge >= 0.3 is 12.0 Å². The van der Waals surface area contributed by atoms with Crippen molar-refractivity contribution in [1.82, 2.24) is 9.80 Å². The quantitative estimate of drug-likeness (QED) is 0.771. The highest BCUT2D eigenvalue weighted by molar-refractivity contribution is 5.77. The van der Waals surface area contributed by atoms with E-state index in [1.807, 2.05) is 11.8 Å². The van der Waals surface area contributed by atoms with Crippen molar-refractivity contribution in [2.24, 2.45) is 17.8 Å². The van der Waals surface area contributed by atoms with E-state index < -0.39 is 11.9 Å². The van der Waals surface area contributed by atoms with Gasteiger partial charge in [-0.3, -0.25) is 4.79 Å². The summed E-state index contributed by atoms with van der Waals surface area (Å²) >= 11 is 0. The minimum Gasteiger partial charge on any atom is -0.481 e. The van der Waals surface area contributed by atoms with E-state index in [0.717, 1.165) is 19.5 Å². The third-order valence-corrected chi connectivity index (χ3v) is 4.13. The van der Waals surface area contributed by atoms with Crippen molar-refractivity contribution < 1.29 is 14.7 Å². The molecule has 0 aromatic heterocycles. The summed E-state index contributed by atoms with van der Waals surface area (Å²) in [4.78, 5) is 27.0. The maximum Gasteiger partial charge on any atom is 0.320 e. The predicted octanol–water partition coefficient (Wildman–Crippen LogP) is 1.49. The number of nitrogens with zero attached hydrogens (tertiary/aromatic N) is 2. The number of rotatable bonds is 1. The van der Waals surface area contributed by atoms with Gasteiger partial charge in [0.2, 0.25) is 0 Å². The van der Waals surface area contributed by atoms with Crippen LogP contribution in [0.1, 0.15) is 26.7 Å². The molecule has 0 aliphatic carbocycles. The second kappa shape index (κ2) is 5.16. The minimum absolute atomic E-state index is 0.0251. The molecular weight excluding hydrogens is 232 g/mol. The Bertz CT molecular complexity index is 345. The molecule has 5 heteroatoms. The summed E-state index contributed by atoms with van der Waals surface area (Å²) in [5.41, 5.74) is 0. The molecule has 2 rings (SSSR count). The van der Waals surface area contributed by atoms with Gasteiger partial charge in [0.15, 0.2) is 0 Å². The number of likely N-dealkylation sites (tertiary alicyclic amines) is 2. The molecular formula is C13H22N2O3. The van der Waals surface area contributed by atoms with E-state index in [2.05, 4.69) is 6.92 Å². The van der Waals surface area contributed by atoms with E-state index in [1.165, 1.54) is 6.42 Å². The molecule has 5 nitrogen and oxygen atoms in total. The molecule has 2 heterocycles. The van der Waals surface area contributed by atoms with Gasteiger partial charge in [0.25, 0.3) is 0 Å². The predicted molar refractivity (Wildman–Crippen MR) is 67.2 cm³/mol. The Labute approximate surface area is 108 Å². The van der Waals surface area contributed by atoms with Gasteiger partial charge in [-0.2, -0.15) is 0 Å². The maximum atomic E-state index is 12.3. The molecule has 2 saturated heterocycles. The van der Waals surface area contributed by atoms with E-state index in [-0.39, 0.29) is 11.9 Å². The third kappa shape index (κ3) is 2.60. The molecule has 1 unspecified atom stereocenters. The monoisotopic (exact) mass is 254 g/mol. The van der Waals surface area contributed by atoms with Crippen molar-refractivity contribution in [2.45, 2.75) is 26.7 Å². The Morgan fingerprint density at radius 2 is 1.83 bits per heavy atom. The van der Waals surface area contributed by atoms with E-state index in [0.29, 0.717) is 19.0 Å². The molecule has 2 fully saturated rings. The number of piperidine rings is 1. The van der Waals surface area contributed by atoms with Crippen LogP contribution in [0.5, 0.6) is 0 Å². The minimum atomic E-state index is -0.787. The number of amides is 2. The highest BCUT2D eigenvalue weighted by Crippen LogP contribution is 2.25. The normalized spacial score (nSPS) is 32.7. The third-order valence-electron chi connectivity index (χ3n) is 4.13. The zero-order valence-electron chi connectivity index (χ0n) is 11.1. The number of carbonyl (C=O) groups is 2. The summed E-state index contributed by atoms with van der Waals surface area (Å²) in [5, 5.41) is 9.08. The van der Waals surface area contributed by atoms with Crippen LogP contribution in [-0.4, -0.2) is 53.1 Å². The van der Waals surface area contributed by atoms with Gasteiger partial charge in [0.1, 0.15) is 0 Å². The average molecular weight is 254 g/mol. The van der Waals surface area contributed by atoms with E-state index in [9.17, 15) is 9.59 Å². The number of carbonyl (C=O) groups excluding carboxylic acids is 1. The number of carboxylic acid groups (broad SMARTS) is 1. The molecule has 0 aromatic carbocycles. The second-order valence-corrected chi connectivity index (χ2v) is 5.80. The lowest BCUT2D eigenvalue weighted by Gasteiger charge is -2.34. The fourth-order valence-electron chi connectivity index (χ4n) is 3.01. The van der Waals surface area contributed by atoms with Gasteiger partial charge in [-0.25, -0.2) is 4.79 Å². The molecule has 0 aromatic rings. The highest BCUT2D eigenvalue weighted by Gasteiger charge is 2.38. The summed E-state index contributed by atoms with van der Waals surface area (Å²) in [6, 6.07) is 0.0251. The Morgan fingerprint density at radius 1 is 1.11 bits per heavy atom. The average Bonchev–Trinajstić information content (AvgIpc) is 2.70. The largest absolute Gasteiger partial charge is 0.481 e. The van der Waals surface area contributed by atoms with Crippen LogP contribution in [-0.2, 0) is 4.79 Å². The first-order chi connectivity index (χ1) is 8.49. The lowest BCUT2D eigenvalue weighted by molar-refractivity contribution is -0.142. The molecule has 2 aliphatic heterocycles. The Balaban J connectivity index is 1.96. The van der Waals surface area contributed by atoms with Gasteiger partial charge in [-0.1, -0.05) is 13.8 Å². The summed E-state index contributed by atoms with van der Waals surface area (Å²) in [7, 11) is 0. The summed E-state index contributed by atoms with van der Waals surface area (Å²) in [5.74, 6) is -0.590. The van der Waals surface area contributed by atoms with Gasteiger partial charge < -0.3 is 14.9 Å². The summed E-state index contributed by atoms with van der Waals surface area (Å²) in [6.45, 7) is 6.62. The number of hydrogen-bond acceptors (Lipinski definition) is 2. The maximum absolute atomic E-state index is 12.3. The van der Waals surface area contributed by atoms with Crippen LogP contribution in [0.3, 0.4) is 0 Å². The number of hydrogen-bond donors (Lipinski definition) is 1. The molecule has 2 amide bonds. The van der Waals surface area contributed by atoms with Gasteiger partial charge in [-0.05, 0) is 24.7 Å². The molecule has 1 N–H and O–H groups in total. The topological polar surface area (TPSA) is 60.9 Å². The Morgan fingerprint density at radius 3 is 2.39 bits per heavy atom. The number of urea groups is 1. The standard InChI is InChI=1S/C13H22N2O3/c1-9-4-3-5-14(6-9)13(18)15-7-10(2)11(8-15)12(16)17/h9-11H,3-8H2,1-2H3,(H,16,17)/t9?,10-,11-/m1/s1. The van der Waals surface area contributed by atoms with Crippen molar-refractivity contribution in [2.75, 3.05) is 26.2 Å². The van der Waals surface area contributed by atoms with Crippen molar-refractivity contribution in [3.8, 4) is 0 Å². The Hall–Kier alpha value is -1.26. The van der Waals surface area contributed by atoms with Crippen LogP contribution in [0, 0.1) is 17.8 Å². The van der Waals surface area contributed by atoms with Crippen LogP contribution >= 0.6 is 0 Å². The highest BCUT2D eigenvalue weighted by atomic mass is 16.4. The van der Waals surface area contributed by atoms with Crippen molar-refractivity contribution in [3.63, 3.8) is 0 Å². The van der Waals surface area contributed by atoms with Crippen LogP contribution < -0.4 is 0 Å². The van der Waals surface area contributed by atoms with Gasteiger partial charge in [0, 0.05) is 26.2 Å². The fourth-order valence-corrected chi connectivity index (χ4v) is 3.01. The molecule has 3 atom stereocenters. The lowest BCUT2D eigenvalue weighted by Crippen LogP contribution is -2.46. The number of aliphatic carboxylic acids is 1. The summed E-state index contributed by atoms with van der Waals surface area (Å²) in [6.07, 6.45) is 2.23. The fraction of sp³-hybridized carbons (Fsp3) is 0.846. The van der Waals surface area contributed by atoms with E-state index in [4.69, 9.17) is 5.11 Å². The molecule has 102 valence electrons. The first kappa shape index (κ1) is 13.2. The molecule has 0 radical (unpaired) electrons. The Kier molecular flexibility index (Phi) is 3.78. The first-order valence-electron chi connectivity index (χ1n) is 6.75. The smallest absolute Gasteiger partial charge is 0.320 e. The van der Waals surface area contributed by atoms with Crippen LogP contribution in [0.25, 0.3) is 0 Å². The lowest BCUT2D eigenvalue weighted by atomic mass is 9.99. The van der Waals surface area contributed by atoms with Crippen LogP contribution in [0.2, 0.25) is 0 Å². The van der Waals surface area contributed by atoms with Crippen molar-refractivity contribution in [1.29, 1.82) is 0 Å². The zero-order valence-corrected chi connectivity index (χ0v) is 11.1. The van der Waals surface area contributed by atoms with Crippen LogP contribution in [0.4, 0.5) is 4.79 Å². The second-order valence-electron chi connectivity index (χ2n) is 5.80. The van der Waals surface area contributed by atoms with Gasteiger partial charge in [0.05, 0.1) is 5.92 Å². The molecule has 0 saturated carbocycles. The van der Waals surface area contributed by atoms with Gasteiger partial charge in [-0.15, -0.1) is 0 Å². The van der Waals surface area contributed by atoms with E-state index in [1.54, 1.807) is 4.90 Å². The SMILES string of the molecule is CC1CCCN(C(=O)N2C[C@@H](C)[C@H](C(=O)O)C2)C1. The zero-order chi connectivity index (χ0) is 13.3. The van der Waals surface area contributed by atoms with Crippen LogP contribution in [0.15, 0.2) is 0 Å². The molecule has 2 aliphatic rings. The summed E-state index contributed by atoms with van der Waals surface area (Å²) < 4.78 is 0. The van der Waals surface area contributed by atoms with Crippen molar-refractivity contribution in [3.05, 3.63) is 0 Å². The molecule has 0 spiro atoms. The molecule has 0 bridgehead atoms. The van der Waals surface area contributed by atoms with E-state index >= 15 is 0 Å². The number of carboxylic acids is 1. The first-order valence-corrected chi connectivity index (χ1v) is 6.75. The van der Waals surface area contributed by atoms with Crippen molar-refractivity contribution >= 4 is 12.0 Å². The molecule has 18 heavy (non-hydrogen) atoms.